The second-order valence-corrected chi connectivity index (χ2v) is 8.95. The standard InChI is InChI=1S/C22H21F3N2O7/c1-27(2)11-6-10(22(23,24)25)16(29)14-9(11)4-7-3-8-5-12(28)15(20(26)33)19(32)21(8,34)18(31)13(7)17(14)30/h6-8,28-29,31,34H,3-5H2,1-2H3,(H2,26,33)/t7-,8+,21+/m1/s1. The average Bonchev–Trinajstić information content (AvgIpc) is 2.69. The quantitative estimate of drug-likeness (QED) is 0.398. The number of hydrogen-bond donors (Lipinski definition) is 5. The predicted molar refractivity (Wildman–Crippen MR) is 110 cm³/mol. The Kier molecular flexibility index (Phi) is 5.02. The molecule has 0 fully saturated rings. The van der Waals surface area contributed by atoms with Crippen molar-refractivity contribution in [3.63, 3.8) is 0 Å². The van der Waals surface area contributed by atoms with Gasteiger partial charge in [-0.25, -0.2) is 0 Å². The van der Waals surface area contributed by atoms with Gasteiger partial charge in [-0.3, -0.25) is 14.4 Å². The van der Waals surface area contributed by atoms with Crippen molar-refractivity contribution in [2.24, 2.45) is 17.6 Å². The largest absolute Gasteiger partial charge is 0.511 e. The van der Waals surface area contributed by atoms with E-state index in [9.17, 15) is 48.0 Å². The Morgan fingerprint density at radius 2 is 1.79 bits per heavy atom. The van der Waals surface area contributed by atoms with Crippen molar-refractivity contribution < 1.29 is 48.0 Å². The lowest BCUT2D eigenvalue weighted by Gasteiger charge is -2.46. The van der Waals surface area contributed by atoms with Crippen LogP contribution in [0.15, 0.2) is 28.7 Å². The molecular weight excluding hydrogens is 461 g/mol. The Bertz CT molecular complexity index is 1230. The van der Waals surface area contributed by atoms with E-state index in [2.05, 4.69) is 0 Å². The van der Waals surface area contributed by atoms with Gasteiger partial charge >= 0.3 is 6.18 Å². The molecule has 3 aliphatic rings. The third-order valence-corrected chi connectivity index (χ3v) is 6.83. The first-order valence-corrected chi connectivity index (χ1v) is 10.2. The molecule has 1 amide bonds. The molecule has 1 aromatic rings. The van der Waals surface area contributed by atoms with E-state index >= 15 is 0 Å². The van der Waals surface area contributed by atoms with Gasteiger partial charge in [-0.15, -0.1) is 0 Å². The number of Topliss-reactive ketones (excluding diaryl/α,β-unsaturated/α-hetero) is 2. The van der Waals surface area contributed by atoms with Crippen LogP contribution in [0, 0.1) is 11.8 Å². The number of aromatic hydroxyl groups is 1. The number of phenols is 1. The highest BCUT2D eigenvalue weighted by Crippen LogP contribution is 2.53. The number of fused-ring (bicyclic) bond motifs is 3. The number of primary amides is 1. The maximum Gasteiger partial charge on any atom is 0.420 e. The van der Waals surface area contributed by atoms with E-state index < -0.39 is 87.0 Å². The van der Waals surface area contributed by atoms with Crippen molar-refractivity contribution in [1.29, 1.82) is 0 Å². The van der Waals surface area contributed by atoms with Crippen molar-refractivity contribution in [1.82, 2.24) is 0 Å². The van der Waals surface area contributed by atoms with Gasteiger partial charge in [0.05, 0.1) is 5.56 Å². The van der Waals surface area contributed by atoms with Crippen LogP contribution in [0.2, 0.25) is 0 Å². The van der Waals surface area contributed by atoms with Crippen LogP contribution >= 0.6 is 0 Å². The molecule has 34 heavy (non-hydrogen) atoms. The Morgan fingerprint density at radius 1 is 1.18 bits per heavy atom. The number of aliphatic hydroxyl groups excluding tert-OH is 2. The molecule has 0 aliphatic heterocycles. The lowest BCUT2D eigenvalue weighted by Crippen LogP contribution is -2.57. The van der Waals surface area contributed by atoms with E-state index in [0.717, 1.165) is 6.07 Å². The average molecular weight is 482 g/mol. The molecule has 0 spiro atoms. The molecule has 4 rings (SSSR count). The molecule has 0 bridgehead atoms. The smallest absolute Gasteiger partial charge is 0.420 e. The minimum absolute atomic E-state index is 0.0336. The molecule has 3 aliphatic carbocycles. The van der Waals surface area contributed by atoms with Gasteiger partial charge in [-0.05, 0) is 30.4 Å². The number of nitrogens with zero attached hydrogens (tertiary/aromatic N) is 1. The van der Waals surface area contributed by atoms with Gasteiger partial charge in [0.25, 0.3) is 5.91 Å². The van der Waals surface area contributed by atoms with Crippen molar-refractivity contribution >= 4 is 23.2 Å². The van der Waals surface area contributed by atoms with Crippen molar-refractivity contribution in [2.45, 2.75) is 31.0 Å². The molecule has 0 radical (unpaired) electrons. The number of aliphatic hydroxyl groups is 3. The fourth-order valence-electron chi connectivity index (χ4n) is 5.28. The highest BCUT2D eigenvalue weighted by atomic mass is 19.4. The Hall–Kier alpha value is -3.54. The number of carbonyl (C=O) groups excluding carboxylic acids is 3. The van der Waals surface area contributed by atoms with E-state index in [-0.39, 0.29) is 24.1 Å². The van der Waals surface area contributed by atoms with Gasteiger partial charge in [0.15, 0.2) is 11.4 Å². The van der Waals surface area contributed by atoms with Crippen molar-refractivity contribution in [3.8, 4) is 5.75 Å². The summed E-state index contributed by atoms with van der Waals surface area (Å²) in [6.07, 6.45) is -5.59. The normalized spacial score (nSPS) is 26.8. The van der Waals surface area contributed by atoms with Crippen LogP contribution in [0.5, 0.6) is 5.75 Å². The number of ketones is 2. The monoisotopic (exact) mass is 482 g/mol. The lowest BCUT2D eigenvalue weighted by molar-refractivity contribution is -0.144. The fraction of sp³-hybridized carbons (Fsp3) is 0.409. The second kappa shape index (κ2) is 7.23. The van der Waals surface area contributed by atoms with Gasteiger partial charge in [-0.2, -0.15) is 13.2 Å². The summed E-state index contributed by atoms with van der Waals surface area (Å²) >= 11 is 0. The first-order valence-electron chi connectivity index (χ1n) is 10.2. The number of hydrogen-bond acceptors (Lipinski definition) is 8. The topological polar surface area (TPSA) is 161 Å². The third kappa shape index (κ3) is 3.01. The van der Waals surface area contributed by atoms with E-state index in [4.69, 9.17) is 5.73 Å². The molecule has 0 unspecified atom stereocenters. The predicted octanol–water partition coefficient (Wildman–Crippen LogP) is 1.67. The van der Waals surface area contributed by atoms with E-state index in [1.165, 1.54) is 19.0 Å². The number of alkyl halides is 3. The summed E-state index contributed by atoms with van der Waals surface area (Å²) in [4.78, 5) is 39.3. The minimum atomic E-state index is -4.99. The van der Waals surface area contributed by atoms with Gasteiger partial charge in [0, 0.05) is 37.7 Å². The molecule has 3 atom stereocenters. The summed E-state index contributed by atoms with van der Waals surface area (Å²) in [7, 11) is 2.93. The fourth-order valence-corrected chi connectivity index (χ4v) is 5.28. The highest BCUT2D eigenvalue weighted by Gasteiger charge is 2.60. The molecule has 12 heteroatoms. The molecule has 9 nitrogen and oxygen atoms in total. The van der Waals surface area contributed by atoms with Crippen LogP contribution in [0.25, 0.3) is 0 Å². The summed E-state index contributed by atoms with van der Waals surface area (Å²) in [6, 6.07) is 0.729. The number of rotatable bonds is 2. The summed E-state index contributed by atoms with van der Waals surface area (Å²) in [5.74, 6) is -8.99. The number of carbonyl (C=O) groups is 3. The van der Waals surface area contributed by atoms with Crippen molar-refractivity contribution in [2.75, 3.05) is 19.0 Å². The van der Waals surface area contributed by atoms with Crippen molar-refractivity contribution in [3.05, 3.63) is 45.4 Å². The van der Waals surface area contributed by atoms with Crippen LogP contribution < -0.4 is 10.6 Å². The van der Waals surface area contributed by atoms with Crippen LogP contribution in [-0.2, 0) is 22.2 Å². The SMILES string of the molecule is CN(C)c1cc(C(F)(F)F)c(O)c2c1C[C@H]1C[C@H]3CC(O)=C(C(N)=O)C(=O)[C@@]3(O)C(O)=C1C2=O. The Labute approximate surface area is 190 Å². The number of anilines is 1. The zero-order valence-electron chi connectivity index (χ0n) is 18.0. The molecule has 0 aromatic heterocycles. The van der Waals surface area contributed by atoms with Crippen LogP contribution in [0.4, 0.5) is 18.9 Å². The zero-order chi connectivity index (χ0) is 25.5. The van der Waals surface area contributed by atoms with Gasteiger partial charge in [0.2, 0.25) is 5.78 Å². The molecule has 0 saturated heterocycles. The number of nitrogens with two attached hydrogens (primary N) is 1. The first-order chi connectivity index (χ1) is 15.6. The molecule has 6 N–H and O–H groups in total. The number of benzene rings is 1. The molecule has 1 aromatic carbocycles. The minimum Gasteiger partial charge on any atom is -0.511 e. The second-order valence-electron chi connectivity index (χ2n) is 8.95. The lowest BCUT2D eigenvalue weighted by atomic mass is 9.60. The van der Waals surface area contributed by atoms with Crippen LogP contribution in [0.1, 0.15) is 34.3 Å². The number of halogens is 3. The molecule has 0 heterocycles. The van der Waals surface area contributed by atoms with E-state index in [1.807, 2.05) is 0 Å². The maximum absolute atomic E-state index is 13.6. The van der Waals surface area contributed by atoms with E-state index in [0.29, 0.717) is 0 Å². The van der Waals surface area contributed by atoms with Crippen LogP contribution in [0.3, 0.4) is 0 Å². The van der Waals surface area contributed by atoms with Gasteiger partial charge < -0.3 is 31.1 Å². The molecule has 182 valence electrons. The number of allylic oxidation sites excluding steroid dienone is 2. The summed E-state index contributed by atoms with van der Waals surface area (Å²) in [6.45, 7) is 0. The summed E-state index contributed by atoms with van der Waals surface area (Å²) in [5, 5.41) is 42.7. The Morgan fingerprint density at radius 3 is 2.32 bits per heavy atom. The third-order valence-electron chi connectivity index (χ3n) is 6.83. The first kappa shape index (κ1) is 23.6. The van der Waals surface area contributed by atoms with Gasteiger partial charge in [0.1, 0.15) is 28.4 Å². The van der Waals surface area contributed by atoms with E-state index in [1.54, 1.807) is 0 Å². The van der Waals surface area contributed by atoms with Gasteiger partial charge in [-0.1, -0.05) is 0 Å². The Balaban J connectivity index is 1.97. The number of amides is 1. The molecular formula is C22H21F3N2O7. The maximum atomic E-state index is 13.6. The number of phenolic OH excluding ortho intramolecular Hbond substituents is 1. The summed E-state index contributed by atoms with van der Waals surface area (Å²) in [5.41, 5.74) is -1.09. The highest BCUT2D eigenvalue weighted by molar-refractivity contribution is 6.24. The summed E-state index contributed by atoms with van der Waals surface area (Å²) < 4.78 is 40.7. The zero-order valence-corrected chi connectivity index (χ0v) is 18.0. The van der Waals surface area contributed by atoms with Crippen LogP contribution in [-0.4, -0.2) is 57.6 Å². The molecule has 0 saturated carbocycles.